The standard InChI is InChI=1S/C13H20F3N3/c1-10(2)18-8-11-4-6-17-9-12(11)19(3)7-5-13(14,15)16/h4,6,9-10,18H,5,7-8H2,1-3H3. The molecule has 0 bridgehead atoms. The number of hydrogen-bond acceptors (Lipinski definition) is 3. The van der Waals surface area contributed by atoms with Gasteiger partial charge >= 0.3 is 6.18 Å². The maximum Gasteiger partial charge on any atom is 0.390 e. The van der Waals surface area contributed by atoms with Gasteiger partial charge in [-0.3, -0.25) is 4.98 Å². The molecule has 0 atom stereocenters. The van der Waals surface area contributed by atoms with E-state index < -0.39 is 12.6 Å². The highest BCUT2D eigenvalue weighted by Crippen LogP contribution is 2.23. The van der Waals surface area contributed by atoms with Crippen molar-refractivity contribution in [3.63, 3.8) is 0 Å². The van der Waals surface area contributed by atoms with Gasteiger partial charge in [0.25, 0.3) is 0 Å². The lowest BCUT2D eigenvalue weighted by Crippen LogP contribution is -2.27. The van der Waals surface area contributed by atoms with E-state index in [1.165, 1.54) is 0 Å². The number of nitrogens with one attached hydrogen (secondary N) is 1. The molecule has 108 valence electrons. The topological polar surface area (TPSA) is 28.2 Å². The maximum absolute atomic E-state index is 12.2. The summed E-state index contributed by atoms with van der Waals surface area (Å²) < 4.78 is 36.7. The van der Waals surface area contributed by atoms with Crippen molar-refractivity contribution in [2.45, 2.75) is 39.0 Å². The summed E-state index contributed by atoms with van der Waals surface area (Å²) in [5, 5.41) is 3.25. The van der Waals surface area contributed by atoms with Gasteiger partial charge in [0.1, 0.15) is 0 Å². The minimum Gasteiger partial charge on any atom is -0.373 e. The molecule has 1 aromatic rings. The zero-order valence-electron chi connectivity index (χ0n) is 11.5. The Morgan fingerprint density at radius 3 is 2.63 bits per heavy atom. The Labute approximate surface area is 111 Å². The molecule has 0 saturated heterocycles. The summed E-state index contributed by atoms with van der Waals surface area (Å²) in [5.41, 5.74) is 1.69. The molecule has 0 radical (unpaired) electrons. The summed E-state index contributed by atoms with van der Waals surface area (Å²) in [6, 6.07) is 2.15. The van der Waals surface area contributed by atoms with Gasteiger partial charge in [0.15, 0.2) is 0 Å². The number of alkyl halides is 3. The molecular weight excluding hydrogens is 255 g/mol. The molecule has 1 rings (SSSR count). The zero-order chi connectivity index (χ0) is 14.5. The summed E-state index contributed by atoms with van der Waals surface area (Å²) in [6.45, 7) is 4.60. The van der Waals surface area contributed by atoms with Gasteiger partial charge in [-0.1, -0.05) is 13.8 Å². The summed E-state index contributed by atoms with van der Waals surface area (Å²) in [4.78, 5) is 5.58. The molecular formula is C13H20F3N3. The second-order valence-corrected chi connectivity index (χ2v) is 4.83. The third kappa shape index (κ3) is 5.92. The molecule has 0 aromatic carbocycles. The minimum absolute atomic E-state index is 0.0656. The van der Waals surface area contributed by atoms with Gasteiger partial charge in [0.05, 0.1) is 18.3 Å². The van der Waals surface area contributed by atoms with Gasteiger partial charge in [-0.2, -0.15) is 13.2 Å². The van der Waals surface area contributed by atoms with Crippen molar-refractivity contribution in [2.24, 2.45) is 0 Å². The van der Waals surface area contributed by atoms with E-state index in [1.807, 2.05) is 19.9 Å². The third-order valence-electron chi connectivity index (χ3n) is 2.73. The first kappa shape index (κ1) is 15.8. The molecule has 1 N–H and O–H groups in total. The maximum atomic E-state index is 12.2. The van der Waals surface area contributed by atoms with E-state index in [0.717, 1.165) is 11.3 Å². The average molecular weight is 275 g/mol. The monoisotopic (exact) mass is 275 g/mol. The van der Waals surface area contributed by atoms with Gasteiger partial charge in [0.2, 0.25) is 0 Å². The molecule has 0 amide bonds. The highest BCUT2D eigenvalue weighted by molar-refractivity contribution is 5.50. The lowest BCUT2D eigenvalue weighted by molar-refractivity contribution is -0.132. The lowest BCUT2D eigenvalue weighted by atomic mass is 10.2. The summed E-state index contributed by atoms with van der Waals surface area (Å²) in [7, 11) is 1.65. The molecule has 0 spiro atoms. The van der Waals surface area contributed by atoms with Crippen molar-refractivity contribution in [2.75, 3.05) is 18.5 Å². The van der Waals surface area contributed by atoms with E-state index in [9.17, 15) is 13.2 Å². The Kier molecular flexibility index (Phi) is 5.60. The van der Waals surface area contributed by atoms with Gasteiger partial charge in [-0.15, -0.1) is 0 Å². The van der Waals surface area contributed by atoms with Crippen LogP contribution in [0.25, 0.3) is 0 Å². The SMILES string of the molecule is CC(C)NCc1ccncc1N(C)CCC(F)(F)F. The molecule has 0 aliphatic rings. The van der Waals surface area contributed by atoms with Crippen LogP contribution in [0.2, 0.25) is 0 Å². The van der Waals surface area contributed by atoms with Crippen LogP contribution in [0.1, 0.15) is 25.8 Å². The fourth-order valence-electron chi connectivity index (χ4n) is 1.64. The lowest BCUT2D eigenvalue weighted by Gasteiger charge is -2.23. The van der Waals surface area contributed by atoms with Crippen molar-refractivity contribution in [1.82, 2.24) is 10.3 Å². The first-order valence-corrected chi connectivity index (χ1v) is 6.24. The van der Waals surface area contributed by atoms with E-state index in [4.69, 9.17) is 0 Å². The van der Waals surface area contributed by atoms with Crippen LogP contribution in [0, 0.1) is 0 Å². The van der Waals surface area contributed by atoms with E-state index in [1.54, 1.807) is 24.3 Å². The van der Waals surface area contributed by atoms with Crippen molar-refractivity contribution >= 4 is 5.69 Å². The molecule has 0 aliphatic carbocycles. The predicted octanol–water partition coefficient (Wildman–Crippen LogP) is 2.97. The summed E-state index contributed by atoms with van der Waals surface area (Å²) >= 11 is 0. The normalized spacial score (nSPS) is 11.9. The van der Waals surface area contributed by atoms with Crippen molar-refractivity contribution in [3.05, 3.63) is 24.0 Å². The van der Waals surface area contributed by atoms with E-state index in [0.29, 0.717) is 12.6 Å². The van der Waals surface area contributed by atoms with Gasteiger partial charge < -0.3 is 10.2 Å². The van der Waals surface area contributed by atoms with Crippen molar-refractivity contribution in [1.29, 1.82) is 0 Å². The minimum atomic E-state index is -4.13. The highest BCUT2D eigenvalue weighted by atomic mass is 19.4. The summed E-state index contributed by atoms with van der Waals surface area (Å²) in [5.74, 6) is 0. The van der Waals surface area contributed by atoms with Crippen molar-refractivity contribution in [3.8, 4) is 0 Å². The zero-order valence-corrected chi connectivity index (χ0v) is 11.5. The van der Waals surface area contributed by atoms with Gasteiger partial charge in [0, 0.05) is 32.4 Å². The Balaban J connectivity index is 2.70. The Morgan fingerprint density at radius 2 is 2.05 bits per heavy atom. The average Bonchev–Trinajstić information content (AvgIpc) is 2.33. The fourth-order valence-corrected chi connectivity index (χ4v) is 1.64. The van der Waals surface area contributed by atoms with Crippen LogP contribution < -0.4 is 10.2 Å². The van der Waals surface area contributed by atoms with Crippen LogP contribution in [-0.2, 0) is 6.54 Å². The molecule has 1 aromatic heterocycles. The van der Waals surface area contributed by atoms with Crippen LogP contribution in [0.4, 0.5) is 18.9 Å². The fraction of sp³-hybridized carbons (Fsp3) is 0.615. The molecule has 3 nitrogen and oxygen atoms in total. The first-order chi connectivity index (χ1) is 8.79. The summed E-state index contributed by atoms with van der Waals surface area (Å²) in [6.07, 6.45) is -1.70. The van der Waals surface area contributed by atoms with Crippen LogP contribution in [0.15, 0.2) is 18.5 Å². The van der Waals surface area contributed by atoms with E-state index in [2.05, 4.69) is 10.3 Å². The molecule has 0 aliphatic heterocycles. The molecule has 0 saturated carbocycles. The second-order valence-electron chi connectivity index (χ2n) is 4.83. The highest BCUT2D eigenvalue weighted by Gasteiger charge is 2.27. The third-order valence-corrected chi connectivity index (χ3v) is 2.73. The van der Waals surface area contributed by atoms with Crippen LogP contribution >= 0.6 is 0 Å². The largest absolute Gasteiger partial charge is 0.390 e. The molecule has 19 heavy (non-hydrogen) atoms. The van der Waals surface area contributed by atoms with Gasteiger partial charge in [-0.05, 0) is 11.6 Å². The predicted molar refractivity (Wildman–Crippen MR) is 70.2 cm³/mol. The Hall–Kier alpha value is -1.30. The van der Waals surface area contributed by atoms with Crippen LogP contribution in [0.3, 0.4) is 0 Å². The van der Waals surface area contributed by atoms with E-state index in [-0.39, 0.29) is 6.54 Å². The van der Waals surface area contributed by atoms with Crippen molar-refractivity contribution < 1.29 is 13.2 Å². The number of rotatable bonds is 6. The molecule has 6 heteroatoms. The molecule has 1 heterocycles. The second kappa shape index (κ2) is 6.75. The first-order valence-electron chi connectivity index (χ1n) is 6.24. The number of halogens is 3. The number of aromatic nitrogens is 1. The van der Waals surface area contributed by atoms with E-state index >= 15 is 0 Å². The quantitative estimate of drug-likeness (QED) is 0.865. The number of pyridine rings is 1. The molecule has 0 unspecified atom stereocenters. The Bertz CT molecular complexity index is 391. The number of hydrogen-bond donors (Lipinski definition) is 1. The Morgan fingerprint density at radius 1 is 1.37 bits per heavy atom. The van der Waals surface area contributed by atoms with Crippen LogP contribution in [0.5, 0.6) is 0 Å². The number of anilines is 1. The van der Waals surface area contributed by atoms with Gasteiger partial charge in [-0.25, -0.2) is 0 Å². The molecule has 0 fully saturated rings. The van der Waals surface area contributed by atoms with Crippen LogP contribution in [-0.4, -0.2) is 30.8 Å². The smallest absolute Gasteiger partial charge is 0.373 e. The number of nitrogens with zero attached hydrogens (tertiary/aromatic N) is 2.